The molecule has 72 valence electrons. The average molecular weight is 184 g/mol. The van der Waals surface area contributed by atoms with Gasteiger partial charge in [0.05, 0.1) is 5.92 Å². The maximum Gasteiger partial charge on any atom is 0.306 e. The fourth-order valence-corrected chi connectivity index (χ4v) is 0.966. The van der Waals surface area contributed by atoms with Crippen LogP contribution >= 0.6 is 0 Å². The molecule has 0 aliphatic carbocycles. The zero-order chi connectivity index (χ0) is 9.68. The van der Waals surface area contributed by atoms with Gasteiger partial charge in [-0.1, -0.05) is 6.92 Å². The highest BCUT2D eigenvalue weighted by atomic mass is 16.4. The topological polar surface area (TPSA) is 80.9 Å². The summed E-state index contributed by atoms with van der Waals surface area (Å²) >= 11 is 0. The molecule has 0 fully saturated rings. The first-order chi connectivity index (χ1) is 6.20. The van der Waals surface area contributed by atoms with Crippen molar-refractivity contribution in [3.8, 4) is 0 Å². The number of hydrogen-bond donors (Lipinski definition) is 1. The third kappa shape index (κ3) is 3.18. The largest absolute Gasteiger partial charge is 0.481 e. The highest BCUT2D eigenvalue weighted by Crippen LogP contribution is 2.05. The Kier molecular flexibility index (Phi) is 3.36. The van der Waals surface area contributed by atoms with Crippen molar-refractivity contribution in [1.82, 2.24) is 20.2 Å². The van der Waals surface area contributed by atoms with Gasteiger partial charge in [0, 0.05) is 6.54 Å². The van der Waals surface area contributed by atoms with Crippen molar-refractivity contribution >= 4 is 5.97 Å². The Balaban J connectivity index is 2.18. The van der Waals surface area contributed by atoms with Gasteiger partial charge in [0.2, 0.25) is 0 Å². The SMILES string of the molecule is CC(CCCn1cnnn1)C(=O)O. The first kappa shape index (κ1) is 9.63. The molecule has 0 amide bonds. The van der Waals surface area contributed by atoms with Gasteiger partial charge in [-0.15, -0.1) is 5.10 Å². The summed E-state index contributed by atoms with van der Waals surface area (Å²) in [6.07, 6.45) is 2.94. The van der Waals surface area contributed by atoms with Crippen LogP contribution in [0.2, 0.25) is 0 Å². The van der Waals surface area contributed by atoms with Gasteiger partial charge in [-0.3, -0.25) is 4.79 Å². The van der Waals surface area contributed by atoms with Gasteiger partial charge in [0.1, 0.15) is 6.33 Å². The van der Waals surface area contributed by atoms with E-state index in [2.05, 4.69) is 15.5 Å². The smallest absolute Gasteiger partial charge is 0.306 e. The number of aryl methyl sites for hydroxylation is 1. The summed E-state index contributed by atoms with van der Waals surface area (Å²) in [4.78, 5) is 10.4. The van der Waals surface area contributed by atoms with Crippen LogP contribution in [0.25, 0.3) is 0 Å². The van der Waals surface area contributed by atoms with Crippen molar-refractivity contribution in [2.24, 2.45) is 5.92 Å². The Morgan fingerprint density at radius 2 is 2.46 bits per heavy atom. The predicted octanol–water partition coefficient (Wildman–Crippen LogP) is 0.174. The second-order valence-corrected chi connectivity index (χ2v) is 2.95. The normalized spacial score (nSPS) is 12.7. The number of carbonyl (C=O) groups is 1. The van der Waals surface area contributed by atoms with Crippen LogP contribution in [0, 0.1) is 5.92 Å². The molecule has 13 heavy (non-hydrogen) atoms. The minimum atomic E-state index is -0.753. The van der Waals surface area contributed by atoms with Crippen LogP contribution < -0.4 is 0 Å². The molecule has 0 saturated carbocycles. The number of carboxylic acids is 1. The van der Waals surface area contributed by atoms with E-state index in [1.807, 2.05) is 0 Å². The van der Waals surface area contributed by atoms with Crippen molar-refractivity contribution < 1.29 is 9.90 Å². The lowest BCUT2D eigenvalue weighted by molar-refractivity contribution is -0.141. The number of tetrazole rings is 1. The summed E-state index contributed by atoms with van der Waals surface area (Å²) in [5, 5.41) is 19.2. The van der Waals surface area contributed by atoms with Gasteiger partial charge in [0.15, 0.2) is 0 Å². The summed E-state index contributed by atoms with van der Waals surface area (Å²) in [6, 6.07) is 0. The first-order valence-electron chi connectivity index (χ1n) is 4.13. The summed E-state index contributed by atoms with van der Waals surface area (Å²) in [5.74, 6) is -1.05. The quantitative estimate of drug-likeness (QED) is 0.705. The van der Waals surface area contributed by atoms with Crippen molar-refractivity contribution in [3.05, 3.63) is 6.33 Å². The summed E-state index contributed by atoms with van der Waals surface area (Å²) < 4.78 is 1.59. The Morgan fingerprint density at radius 3 is 3.00 bits per heavy atom. The Labute approximate surface area is 75.6 Å². The second-order valence-electron chi connectivity index (χ2n) is 2.95. The van der Waals surface area contributed by atoms with E-state index < -0.39 is 5.97 Å². The summed E-state index contributed by atoms with van der Waals surface area (Å²) in [6.45, 7) is 2.37. The zero-order valence-electron chi connectivity index (χ0n) is 7.42. The van der Waals surface area contributed by atoms with Crippen LogP contribution in [-0.4, -0.2) is 31.3 Å². The number of rotatable bonds is 5. The molecular weight excluding hydrogens is 172 g/mol. The van der Waals surface area contributed by atoms with E-state index in [1.54, 1.807) is 11.6 Å². The molecule has 0 saturated heterocycles. The number of nitrogens with zero attached hydrogens (tertiary/aromatic N) is 4. The Bertz CT molecular complexity index is 259. The van der Waals surface area contributed by atoms with Crippen molar-refractivity contribution in [3.63, 3.8) is 0 Å². The molecule has 0 aliphatic heterocycles. The lowest BCUT2D eigenvalue weighted by Gasteiger charge is -2.04. The monoisotopic (exact) mass is 184 g/mol. The minimum Gasteiger partial charge on any atom is -0.481 e. The Morgan fingerprint density at radius 1 is 1.69 bits per heavy atom. The highest BCUT2D eigenvalue weighted by Gasteiger charge is 2.09. The van der Waals surface area contributed by atoms with Crippen LogP contribution in [0.5, 0.6) is 0 Å². The molecule has 6 heteroatoms. The first-order valence-corrected chi connectivity index (χ1v) is 4.13. The number of carboxylic acid groups (broad SMARTS) is 1. The maximum atomic E-state index is 10.4. The number of aromatic nitrogens is 4. The lowest BCUT2D eigenvalue weighted by Crippen LogP contribution is -2.10. The van der Waals surface area contributed by atoms with Crippen LogP contribution in [0.1, 0.15) is 19.8 Å². The molecule has 0 bridgehead atoms. The molecule has 0 radical (unpaired) electrons. The third-order valence-electron chi connectivity index (χ3n) is 1.84. The summed E-state index contributed by atoms with van der Waals surface area (Å²) in [5.41, 5.74) is 0. The van der Waals surface area contributed by atoms with E-state index >= 15 is 0 Å². The molecule has 1 atom stereocenters. The molecule has 1 heterocycles. The van der Waals surface area contributed by atoms with E-state index in [0.717, 1.165) is 6.42 Å². The van der Waals surface area contributed by atoms with E-state index in [-0.39, 0.29) is 5.92 Å². The van der Waals surface area contributed by atoms with E-state index in [1.165, 1.54) is 6.33 Å². The average Bonchev–Trinajstić information content (AvgIpc) is 2.56. The minimum absolute atomic E-state index is 0.295. The van der Waals surface area contributed by atoms with Crippen molar-refractivity contribution in [1.29, 1.82) is 0 Å². The van der Waals surface area contributed by atoms with Gasteiger partial charge in [-0.2, -0.15) is 0 Å². The van der Waals surface area contributed by atoms with Crippen molar-refractivity contribution in [2.45, 2.75) is 26.3 Å². The van der Waals surface area contributed by atoms with Gasteiger partial charge < -0.3 is 5.11 Å². The molecule has 1 aromatic rings. The number of hydrogen-bond acceptors (Lipinski definition) is 4. The molecule has 1 N–H and O–H groups in total. The molecule has 0 aliphatic rings. The fraction of sp³-hybridized carbons (Fsp3) is 0.714. The second kappa shape index (κ2) is 4.54. The zero-order valence-corrected chi connectivity index (χ0v) is 7.42. The van der Waals surface area contributed by atoms with Crippen LogP contribution in [0.15, 0.2) is 6.33 Å². The van der Waals surface area contributed by atoms with E-state index in [9.17, 15) is 4.79 Å². The van der Waals surface area contributed by atoms with Crippen LogP contribution in [-0.2, 0) is 11.3 Å². The molecular formula is C7H12N4O2. The van der Waals surface area contributed by atoms with E-state index in [4.69, 9.17) is 5.11 Å². The molecule has 1 aromatic heterocycles. The van der Waals surface area contributed by atoms with Gasteiger partial charge in [0.25, 0.3) is 0 Å². The van der Waals surface area contributed by atoms with Gasteiger partial charge >= 0.3 is 5.97 Å². The van der Waals surface area contributed by atoms with Crippen molar-refractivity contribution in [2.75, 3.05) is 0 Å². The summed E-state index contributed by atoms with van der Waals surface area (Å²) in [7, 11) is 0. The number of aliphatic carboxylic acids is 1. The van der Waals surface area contributed by atoms with Crippen LogP contribution in [0.3, 0.4) is 0 Å². The molecule has 0 aromatic carbocycles. The molecule has 0 spiro atoms. The maximum absolute atomic E-state index is 10.4. The fourth-order valence-electron chi connectivity index (χ4n) is 0.966. The standard InChI is InChI=1S/C7H12N4O2/c1-6(7(12)13)3-2-4-11-5-8-9-10-11/h5-6H,2-4H2,1H3,(H,12,13). The lowest BCUT2D eigenvalue weighted by atomic mass is 10.1. The van der Waals surface area contributed by atoms with Crippen LogP contribution in [0.4, 0.5) is 0 Å². The predicted molar refractivity (Wildman–Crippen MR) is 43.9 cm³/mol. The van der Waals surface area contributed by atoms with Gasteiger partial charge in [-0.25, -0.2) is 4.68 Å². The molecule has 1 unspecified atom stereocenters. The van der Waals surface area contributed by atoms with E-state index in [0.29, 0.717) is 13.0 Å². The highest BCUT2D eigenvalue weighted by molar-refractivity contribution is 5.69. The third-order valence-corrected chi connectivity index (χ3v) is 1.84. The molecule has 6 nitrogen and oxygen atoms in total. The Hall–Kier alpha value is -1.46. The van der Waals surface area contributed by atoms with Gasteiger partial charge in [-0.05, 0) is 23.3 Å². The molecule has 1 rings (SSSR count).